The molecule has 0 atom stereocenters. The van der Waals surface area contributed by atoms with Crippen LogP contribution in [0.5, 0.6) is 0 Å². The number of rotatable bonds is 6. The molecular weight excluding hydrogens is 274 g/mol. The van der Waals surface area contributed by atoms with Crippen LogP contribution in [0.25, 0.3) is 0 Å². The number of esters is 1. The van der Waals surface area contributed by atoms with Crippen LogP contribution in [0.3, 0.4) is 0 Å². The summed E-state index contributed by atoms with van der Waals surface area (Å²) < 4.78 is 4.78. The van der Waals surface area contributed by atoms with Crippen LogP contribution in [0.15, 0.2) is 0 Å². The van der Waals surface area contributed by atoms with Crippen molar-refractivity contribution in [2.75, 3.05) is 26.7 Å². The predicted octanol–water partition coefficient (Wildman–Crippen LogP) is 0.640. The highest BCUT2D eigenvalue weighted by atomic mass is 16.5. The van der Waals surface area contributed by atoms with Gasteiger partial charge in [0, 0.05) is 6.04 Å². The Hall–Kier alpha value is -1.63. The van der Waals surface area contributed by atoms with Crippen LogP contribution in [0.1, 0.15) is 39.0 Å². The summed E-state index contributed by atoms with van der Waals surface area (Å²) in [6, 6.07) is -0.305. The standard InChI is InChI=1S/C14H25N3O4/c1-3-21-13(19)10-17(2)9-12(18)16-14(20)15-11-7-5-4-6-8-11/h11H,3-10H2,1-2H3,(H2,15,16,18,20). The summed E-state index contributed by atoms with van der Waals surface area (Å²) in [5.74, 6) is -0.824. The van der Waals surface area contributed by atoms with E-state index in [9.17, 15) is 14.4 Å². The fourth-order valence-electron chi connectivity index (χ4n) is 2.36. The van der Waals surface area contributed by atoms with E-state index in [0.29, 0.717) is 6.61 Å². The molecule has 3 amide bonds. The van der Waals surface area contributed by atoms with Gasteiger partial charge in [0.15, 0.2) is 0 Å². The summed E-state index contributed by atoms with van der Waals surface area (Å²) in [5, 5.41) is 5.08. The highest BCUT2D eigenvalue weighted by Gasteiger charge is 2.18. The molecule has 0 aromatic carbocycles. The molecular formula is C14H25N3O4. The molecule has 1 aliphatic carbocycles. The quantitative estimate of drug-likeness (QED) is 0.703. The van der Waals surface area contributed by atoms with Gasteiger partial charge in [-0.2, -0.15) is 0 Å². The molecule has 0 saturated heterocycles. The molecule has 1 aliphatic rings. The van der Waals surface area contributed by atoms with E-state index in [0.717, 1.165) is 25.7 Å². The van der Waals surface area contributed by atoms with Crippen LogP contribution in [0.4, 0.5) is 4.79 Å². The molecule has 0 aromatic heterocycles. The Labute approximate surface area is 125 Å². The fourth-order valence-corrected chi connectivity index (χ4v) is 2.36. The van der Waals surface area contributed by atoms with E-state index in [-0.39, 0.29) is 25.1 Å². The summed E-state index contributed by atoms with van der Waals surface area (Å²) in [4.78, 5) is 36.1. The van der Waals surface area contributed by atoms with Gasteiger partial charge in [0.05, 0.1) is 19.7 Å². The van der Waals surface area contributed by atoms with Crippen molar-refractivity contribution >= 4 is 17.9 Å². The SMILES string of the molecule is CCOC(=O)CN(C)CC(=O)NC(=O)NC1CCCCC1. The minimum Gasteiger partial charge on any atom is -0.465 e. The summed E-state index contributed by atoms with van der Waals surface area (Å²) in [5.41, 5.74) is 0. The third-order valence-corrected chi connectivity index (χ3v) is 3.31. The van der Waals surface area contributed by atoms with E-state index >= 15 is 0 Å². The zero-order chi connectivity index (χ0) is 15.7. The average molecular weight is 299 g/mol. The second-order valence-electron chi connectivity index (χ2n) is 5.33. The highest BCUT2D eigenvalue weighted by Crippen LogP contribution is 2.17. The Morgan fingerprint density at radius 3 is 2.43 bits per heavy atom. The Morgan fingerprint density at radius 2 is 1.81 bits per heavy atom. The third-order valence-electron chi connectivity index (χ3n) is 3.31. The second kappa shape index (κ2) is 9.33. The lowest BCUT2D eigenvalue weighted by molar-refractivity contribution is -0.144. The van der Waals surface area contributed by atoms with Crippen molar-refractivity contribution in [1.82, 2.24) is 15.5 Å². The van der Waals surface area contributed by atoms with Crippen molar-refractivity contribution in [3.8, 4) is 0 Å². The van der Waals surface area contributed by atoms with Crippen molar-refractivity contribution < 1.29 is 19.1 Å². The van der Waals surface area contributed by atoms with Gasteiger partial charge < -0.3 is 10.1 Å². The van der Waals surface area contributed by atoms with Crippen molar-refractivity contribution in [3.05, 3.63) is 0 Å². The number of urea groups is 1. The molecule has 7 nitrogen and oxygen atoms in total. The van der Waals surface area contributed by atoms with Gasteiger partial charge in [0.25, 0.3) is 0 Å². The van der Waals surface area contributed by atoms with Crippen LogP contribution in [0, 0.1) is 0 Å². The summed E-state index contributed by atoms with van der Waals surface area (Å²) in [6.07, 6.45) is 5.36. The van der Waals surface area contributed by atoms with Crippen molar-refractivity contribution in [3.63, 3.8) is 0 Å². The number of imide groups is 1. The van der Waals surface area contributed by atoms with Crippen molar-refractivity contribution in [2.45, 2.75) is 45.1 Å². The van der Waals surface area contributed by atoms with Crippen LogP contribution < -0.4 is 10.6 Å². The van der Waals surface area contributed by atoms with E-state index in [2.05, 4.69) is 10.6 Å². The molecule has 7 heteroatoms. The van der Waals surface area contributed by atoms with Gasteiger partial charge in [0.2, 0.25) is 5.91 Å². The summed E-state index contributed by atoms with van der Waals surface area (Å²) >= 11 is 0. The molecule has 1 fully saturated rings. The molecule has 0 heterocycles. The molecule has 0 radical (unpaired) electrons. The number of nitrogens with one attached hydrogen (secondary N) is 2. The first kappa shape index (κ1) is 17.4. The number of ether oxygens (including phenoxy) is 1. The summed E-state index contributed by atoms with van der Waals surface area (Å²) in [6.45, 7) is 2.02. The minimum atomic E-state index is -0.462. The largest absolute Gasteiger partial charge is 0.465 e. The van der Waals surface area contributed by atoms with Gasteiger partial charge in [0.1, 0.15) is 0 Å². The highest BCUT2D eigenvalue weighted by molar-refractivity contribution is 5.95. The zero-order valence-electron chi connectivity index (χ0n) is 12.8. The maximum atomic E-state index is 11.7. The lowest BCUT2D eigenvalue weighted by Crippen LogP contribution is -2.48. The van der Waals surface area contributed by atoms with E-state index in [1.807, 2.05) is 0 Å². The number of likely N-dealkylation sites (N-methyl/N-ethyl adjacent to an activating group) is 1. The number of hydrogen-bond acceptors (Lipinski definition) is 5. The lowest BCUT2D eigenvalue weighted by atomic mass is 9.96. The smallest absolute Gasteiger partial charge is 0.321 e. The topological polar surface area (TPSA) is 87.7 Å². The van der Waals surface area contributed by atoms with Crippen LogP contribution in [-0.4, -0.2) is 55.6 Å². The molecule has 0 spiro atoms. The first-order valence-corrected chi connectivity index (χ1v) is 7.45. The first-order chi connectivity index (χ1) is 10.0. The predicted molar refractivity (Wildman–Crippen MR) is 77.7 cm³/mol. The maximum absolute atomic E-state index is 11.7. The lowest BCUT2D eigenvalue weighted by Gasteiger charge is -2.23. The normalized spacial score (nSPS) is 15.6. The number of nitrogens with zero attached hydrogens (tertiary/aromatic N) is 1. The molecule has 0 aromatic rings. The van der Waals surface area contributed by atoms with Crippen molar-refractivity contribution in [2.24, 2.45) is 0 Å². The number of carbonyl (C=O) groups excluding carboxylic acids is 3. The van der Waals surface area contributed by atoms with Crippen LogP contribution in [-0.2, 0) is 14.3 Å². The average Bonchev–Trinajstić information content (AvgIpc) is 2.39. The number of carbonyl (C=O) groups is 3. The third kappa shape index (κ3) is 7.65. The van der Waals surface area contributed by atoms with E-state index in [1.54, 1.807) is 14.0 Å². The maximum Gasteiger partial charge on any atom is 0.321 e. The molecule has 1 saturated carbocycles. The van der Waals surface area contributed by atoms with Gasteiger partial charge in [-0.05, 0) is 26.8 Å². The van der Waals surface area contributed by atoms with E-state index in [4.69, 9.17) is 4.74 Å². The monoisotopic (exact) mass is 299 g/mol. The van der Waals surface area contributed by atoms with Crippen LogP contribution in [0.2, 0.25) is 0 Å². The fraction of sp³-hybridized carbons (Fsp3) is 0.786. The number of hydrogen-bond donors (Lipinski definition) is 2. The Balaban J connectivity index is 2.22. The Morgan fingerprint density at radius 1 is 1.14 bits per heavy atom. The molecule has 1 rings (SSSR count). The van der Waals surface area contributed by atoms with Gasteiger partial charge in [-0.1, -0.05) is 19.3 Å². The number of amides is 3. The minimum absolute atomic E-state index is 0.0193. The van der Waals surface area contributed by atoms with Gasteiger partial charge in [-0.15, -0.1) is 0 Å². The van der Waals surface area contributed by atoms with Crippen LogP contribution >= 0.6 is 0 Å². The molecule has 0 bridgehead atoms. The van der Waals surface area contributed by atoms with E-state index < -0.39 is 11.9 Å². The Kier molecular flexibility index (Phi) is 7.74. The van der Waals surface area contributed by atoms with Gasteiger partial charge in [-0.3, -0.25) is 19.8 Å². The molecule has 0 unspecified atom stereocenters. The first-order valence-electron chi connectivity index (χ1n) is 7.45. The molecule has 2 N–H and O–H groups in total. The molecule has 21 heavy (non-hydrogen) atoms. The molecule has 120 valence electrons. The van der Waals surface area contributed by atoms with Gasteiger partial charge >= 0.3 is 12.0 Å². The van der Waals surface area contributed by atoms with E-state index in [1.165, 1.54) is 11.3 Å². The zero-order valence-corrected chi connectivity index (χ0v) is 12.8. The van der Waals surface area contributed by atoms with Gasteiger partial charge in [-0.25, -0.2) is 4.79 Å². The summed E-state index contributed by atoms with van der Waals surface area (Å²) in [7, 11) is 1.62. The van der Waals surface area contributed by atoms with Crippen molar-refractivity contribution in [1.29, 1.82) is 0 Å². The molecule has 0 aliphatic heterocycles. The Bertz CT molecular complexity index is 367. The second-order valence-corrected chi connectivity index (χ2v) is 5.33.